The second-order valence-electron chi connectivity index (χ2n) is 5.43. The summed E-state index contributed by atoms with van der Waals surface area (Å²) in [7, 11) is 1.78. The van der Waals surface area contributed by atoms with Crippen LogP contribution in [0.2, 0.25) is 5.02 Å². The van der Waals surface area contributed by atoms with Crippen molar-refractivity contribution in [2.45, 2.75) is 0 Å². The minimum Gasteiger partial charge on any atom is -0.350 e. The first-order chi connectivity index (χ1) is 12.0. The van der Waals surface area contributed by atoms with Crippen molar-refractivity contribution in [1.29, 1.82) is 0 Å². The highest BCUT2D eigenvalue weighted by Gasteiger charge is 2.17. The molecule has 0 saturated heterocycles. The summed E-state index contributed by atoms with van der Waals surface area (Å²) in [6.45, 7) is 0. The Morgan fingerprint density at radius 3 is 2.56 bits per heavy atom. The summed E-state index contributed by atoms with van der Waals surface area (Å²) in [6.07, 6.45) is 1.78. The van der Waals surface area contributed by atoms with E-state index in [4.69, 9.17) is 11.6 Å². The van der Waals surface area contributed by atoms with E-state index in [0.717, 1.165) is 0 Å². The zero-order valence-corrected chi connectivity index (χ0v) is 14.0. The van der Waals surface area contributed by atoms with Crippen molar-refractivity contribution in [2.24, 2.45) is 7.05 Å². The Bertz CT molecular complexity index is 966. The van der Waals surface area contributed by atoms with Crippen molar-refractivity contribution in [3.05, 3.63) is 87.2 Å². The van der Waals surface area contributed by atoms with Crippen molar-refractivity contribution in [3.8, 4) is 0 Å². The largest absolute Gasteiger partial charge is 0.350 e. The van der Waals surface area contributed by atoms with Gasteiger partial charge in [0.25, 0.3) is 5.69 Å². The number of nitrogens with one attached hydrogen (secondary N) is 1. The van der Waals surface area contributed by atoms with Gasteiger partial charge in [-0.15, -0.1) is 0 Å². The second kappa shape index (κ2) is 6.78. The maximum atomic E-state index is 12.5. The van der Waals surface area contributed by atoms with Crippen molar-refractivity contribution >= 4 is 34.4 Å². The number of aryl methyl sites for hydroxylation is 1. The van der Waals surface area contributed by atoms with Gasteiger partial charge >= 0.3 is 0 Å². The monoisotopic (exact) mass is 355 g/mol. The molecule has 1 aromatic heterocycles. The number of carbonyl (C=O) groups is 1. The number of ketones is 1. The first-order valence-corrected chi connectivity index (χ1v) is 7.81. The van der Waals surface area contributed by atoms with E-state index in [1.54, 1.807) is 66.3 Å². The third kappa shape index (κ3) is 3.39. The van der Waals surface area contributed by atoms with Crippen LogP contribution in [0.4, 0.5) is 17.1 Å². The van der Waals surface area contributed by atoms with E-state index in [-0.39, 0.29) is 16.5 Å². The second-order valence-corrected chi connectivity index (χ2v) is 5.83. The number of benzene rings is 2. The van der Waals surface area contributed by atoms with Crippen LogP contribution in [-0.4, -0.2) is 15.3 Å². The number of aromatic nitrogens is 1. The molecule has 2 aromatic carbocycles. The molecule has 3 aromatic rings. The van der Waals surface area contributed by atoms with Crippen molar-refractivity contribution in [3.63, 3.8) is 0 Å². The van der Waals surface area contributed by atoms with Crippen LogP contribution in [0.15, 0.2) is 60.8 Å². The van der Waals surface area contributed by atoms with Crippen LogP contribution < -0.4 is 5.32 Å². The van der Waals surface area contributed by atoms with Crippen molar-refractivity contribution in [2.75, 3.05) is 5.32 Å². The van der Waals surface area contributed by atoms with Crippen LogP contribution in [0.5, 0.6) is 0 Å². The Balaban J connectivity index is 1.90. The molecule has 0 radical (unpaired) electrons. The fourth-order valence-corrected chi connectivity index (χ4v) is 2.77. The lowest BCUT2D eigenvalue weighted by Crippen LogP contribution is -2.07. The van der Waals surface area contributed by atoms with Gasteiger partial charge in [0.15, 0.2) is 0 Å². The van der Waals surface area contributed by atoms with Crippen LogP contribution >= 0.6 is 11.6 Å². The summed E-state index contributed by atoms with van der Waals surface area (Å²) >= 11 is 6.26. The molecule has 0 bridgehead atoms. The van der Waals surface area contributed by atoms with Crippen molar-refractivity contribution in [1.82, 2.24) is 4.57 Å². The number of anilines is 2. The van der Waals surface area contributed by atoms with Gasteiger partial charge in [0.1, 0.15) is 5.69 Å². The smallest absolute Gasteiger partial charge is 0.292 e. The predicted molar refractivity (Wildman–Crippen MR) is 96.7 cm³/mol. The molecule has 6 nitrogen and oxygen atoms in total. The van der Waals surface area contributed by atoms with E-state index in [2.05, 4.69) is 5.32 Å². The van der Waals surface area contributed by atoms with Crippen molar-refractivity contribution < 1.29 is 9.72 Å². The minimum absolute atomic E-state index is 0.0393. The molecule has 0 fully saturated rings. The molecule has 1 N–H and O–H groups in total. The molecule has 0 atom stereocenters. The molecule has 25 heavy (non-hydrogen) atoms. The Labute approximate surface area is 148 Å². The number of para-hydroxylation sites is 2. The lowest BCUT2D eigenvalue weighted by Gasteiger charge is -2.10. The van der Waals surface area contributed by atoms with Crippen LogP contribution in [0.3, 0.4) is 0 Å². The number of halogens is 1. The molecule has 0 saturated carbocycles. The summed E-state index contributed by atoms with van der Waals surface area (Å²) in [6, 6.07) is 14.7. The summed E-state index contributed by atoms with van der Waals surface area (Å²) in [5, 5.41) is 14.3. The summed E-state index contributed by atoms with van der Waals surface area (Å²) in [5.41, 5.74) is 1.77. The number of nitro benzene ring substituents is 1. The van der Waals surface area contributed by atoms with Gasteiger partial charge < -0.3 is 9.88 Å². The molecular weight excluding hydrogens is 342 g/mol. The number of nitro groups is 1. The summed E-state index contributed by atoms with van der Waals surface area (Å²) in [5.74, 6) is -0.185. The fraction of sp³-hybridized carbons (Fsp3) is 0.0556. The average Bonchev–Trinajstić information content (AvgIpc) is 3.01. The number of hydrogen-bond donors (Lipinski definition) is 1. The predicted octanol–water partition coefficient (Wildman–Crippen LogP) is 4.56. The average molecular weight is 356 g/mol. The van der Waals surface area contributed by atoms with E-state index in [9.17, 15) is 14.9 Å². The standard InChI is InChI=1S/C18H14ClN3O3/c1-21-10-4-7-17(21)18(23)13-9-8-12(11-14(13)19)20-15-5-2-3-6-16(15)22(24)25/h2-11,20H,1H3. The van der Waals surface area contributed by atoms with Crippen LogP contribution in [0.25, 0.3) is 0 Å². The lowest BCUT2D eigenvalue weighted by atomic mass is 10.1. The van der Waals surface area contributed by atoms with Crippen LogP contribution in [0.1, 0.15) is 16.1 Å². The minimum atomic E-state index is -0.461. The van der Waals surface area contributed by atoms with Gasteiger partial charge in [-0.25, -0.2) is 0 Å². The highest BCUT2D eigenvalue weighted by Crippen LogP contribution is 2.30. The maximum Gasteiger partial charge on any atom is 0.292 e. The maximum absolute atomic E-state index is 12.5. The zero-order valence-electron chi connectivity index (χ0n) is 13.3. The van der Waals surface area contributed by atoms with Gasteiger partial charge in [-0.3, -0.25) is 14.9 Å². The van der Waals surface area contributed by atoms with E-state index in [0.29, 0.717) is 22.6 Å². The molecule has 0 amide bonds. The van der Waals surface area contributed by atoms with Crippen LogP contribution in [-0.2, 0) is 7.05 Å². The molecule has 0 aliphatic rings. The van der Waals surface area contributed by atoms with E-state index in [1.165, 1.54) is 6.07 Å². The SMILES string of the molecule is Cn1cccc1C(=O)c1ccc(Nc2ccccc2[N+](=O)[O-])cc1Cl. The molecule has 1 heterocycles. The van der Waals surface area contributed by atoms with E-state index in [1.807, 2.05) is 0 Å². The quantitative estimate of drug-likeness (QED) is 0.413. The lowest BCUT2D eigenvalue weighted by molar-refractivity contribution is -0.383. The number of hydrogen-bond acceptors (Lipinski definition) is 4. The number of carbonyl (C=O) groups excluding carboxylic acids is 1. The zero-order chi connectivity index (χ0) is 18.0. The molecule has 0 unspecified atom stereocenters. The number of rotatable bonds is 5. The molecule has 126 valence electrons. The molecule has 0 aliphatic heterocycles. The molecule has 0 aliphatic carbocycles. The van der Waals surface area contributed by atoms with Gasteiger partial charge in [0.05, 0.1) is 15.6 Å². The summed E-state index contributed by atoms with van der Waals surface area (Å²) < 4.78 is 1.72. The Kier molecular flexibility index (Phi) is 4.54. The Hall–Kier alpha value is -3.12. The normalized spacial score (nSPS) is 10.5. The Morgan fingerprint density at radius 1 is 1.16 bits per heavy atom. The van der Waals surface area contributed by atoms with Gasteiger partial charge in [0.2, 0.25) is 5.78 Å². The first-order valence-electron chi connectivity index (χ1n) is 7.43. The third-order valence-electron chi connectivity index (χ3n) is 3.77. The molecule has 7 heteroatoms. The van der Waals surface area contributed by atoms with Crippen LogP contribution in [0, 0.1) is 10.1 Å². The van der Waals surface area contributed by atoms with Gasteiger partial charge in [-0.1, -0.05) is 23.7 Å². The highest BCUT2D eigenvalue weighted by molar-refractivity contribution is 6.35. The van der Waals surface area contributed by atoms with E-state index < -0.39 is 4.92 Å². The topological polar surface area (TPSA) is 77.2 Å². The van der Waals surface area contributed by atoms with Gasteiger partial charge in [-0.05, 0) is 36.4 Å². The molecular formula is C18H14ClN3O3. The van der Waals surface area contributed by atoms with E-state index >= 15 is 0 Å². The summed E-state index contributed by atoms with van der Waals surface area (Å²) in [4.78, 5) is 23.2. The first kappa shape index (κ1) is 16.7. The highest BCUT2D eigenvalue weighted by atomic mass is 35.5. The fourth-order valence-electron chi connectivity index (χ4n) is 2.51. The molecule has 0 spiro atoms. The third-order valence-corrected chi connectivity index (χ3v) is 4.08. The van der Waals surface area contributed by atoms with Gasteiger partial charge in [0, 0.05) is 30.6 Å². The Morgan fingerprint density at radius 2 is 1.92 bits per heavy atom. The van der Waals surface area contributed by atoms with Gasteiger partial charge in [-0.2, -0.15) is 0 Å². The molecule has 3 rings (SSSR count). The number of nitrogens with zero attached hydrogens (tertiary/aromatic N) is 2.